The summed E-state index contributed by atoms with van der Waals surface area (Å²) in [6.45, 7) is 1.29. The zero-order valence-electron chi connectivity index (χ0n) is 8.27. The lowest BCUT2D eigenvalue weighted by Crippen LogP contribution is -2.13. The van der Waals surface area contributed by atoms with Gasteiger partial charge in [0.2, 0.25) is 0 Å². The number of hydrogen-bond acceptors (Lipinski definition) is 4. The summed E-state index contributed by atoms with van der Waals surface area (Å²) < 4.78 is 7.91. The normalized spacial score (nSPS) is 10.8. The molecule has 2 aromatic rings. The minimum atomic E-state index is 0.633. The fourth-order valence-corrected chi connectivity index (χ4v) is 1.55. The Labute approximate surface area is 95.6 Å². The Kier molecular flexibility index (Phi) is 3.17. The summed E-state index contributed by atoms with van der Waals surface area (Å²) >= 11 is 3.39. The zero-order valence-corrected chi connectivity index (χ0v) is 9.86. The predicted molar refractivity (Wildman–Crippen MR) is 58.0 cm³/mol. The second-order valence-corrected chi connectivity index (χ2v) is 3.98. The van der Waals surface area contributed by atoms with Gasteiger partial charge in [-0.1, -0.05) is 0 Å². The van der Waals surface area contributed by atoms with Gasteiger partial charge in [-0.25, -0.2) is 4.98 Å². The molecule has 0 atom stereocenters. The molecular weight excluding hydrogens is 260 g/mol. The van der Waals surface area contributed by atoms with E-state index in [1.165, 1.54) is 0 Å². The first-order valence-corrected chi connectivity index (χ1v) is 5.32. The first-order valence-electron chi connectivity index (χ1n) is 4.53. The molecule has 0 saturated carbocycles. The third-order valence-electron chi connectivity index (χ3n) is 1.91. The number of nitrogens with zero attached hydrogens (tertiary/aromatic N) is 3. The average Bonchev–Trinajstić information content (AvgIpc) is 2.77. The highest BCUT2D eigenvalue weighted by atomic mass is 79.9. The summed E-state index contributed by atoms with van der Waals surface area (Å²) in [5.74, 6) is 1.66. The molecule has 0 aliphatic rings. The first-order chi connectivity index (χ1) is 7.25. The summed E-state index contributed by atoms with van der Waals surface area (Å²) in [6.07, 6.45) is 3.33. The van der Waals surface area contributed by atoms with Crippen molar-refractivity contribution in [2.45, 2.75) is 13.1 Å². The van der Waals surface area contributed by atoms with Crippen LogP contribution in [-0.2, 0) is 20.1 Å². The molecule has 0 aromatic carbocycles. The van der Waals surface area contributed by atoms with Crippen molar-refractivity contribution >= 4 is 15.9 Å². The van der Waals surface area contributed by atoms with Crippen molar-refractivity contribution in [3.63, 3.8) is 0 Å². The Balaban J connectivity index is 1.83. The number of aryl methyl sites for hydroxylation is 1. The van der Waals surface area contributed by atoms with Gasteiger partial charge >= 0.3 is 0 Å². The van der Waals surface area contributed by atoms with E-state index in [1.54, 1.807) is 17.3 Å². The summed E-state index contributed by atoms with van der Waals surface area (Å²) in [4.78, 5) is 4.10. The van der Waals surface area contributed by atoms with Crippen LogP contribution >= 0.6 is 15.9 Å². The van der Waals surface area contributed by atoms with E-state index in [9.17, 15) is 0 Å². The zero-order chi connectivity index (χ0) is 10.7. The smallest absolute Gasteiger partial charge is 0.164 e. The van der Waals surface area contributed by atoms with Crippen molar-refractivity contribution in [3.8, 4) is 0 Å². The summed E-state index contributed by atoms with van der Waals surface area (Å²) in [7, 11) is 1.85. The maximum absolute atomic E-state index is 5.25. The molecule has 15 heavy (non-hydrogen) atoms. The predicted octanol–water partition coefficient (Wildman–Crippen LogP) is 1.46. The van der Waals surface area contributed by atoms with Gasteiger partial charge in [0.25, 0.3) is 0 Å². The standard InChI is InChI=1S/C9H11BrN4O/c1-14-6-12-9(13-14)5-11-4-8-7(10)2-3-15-8/h2-3,6,11H,4-5H2,1H3. The first kappa shape index (κ1) is 10.4. The molecule has 0 aliphatic carbocycles. The van der Waals surface area contributed by atoms with Crippen molar-refractivity contribution < 1.29 is 4.42 Å². The average molecular weight is 271 g/mol. The molecule has 0 radical (unpaired) electrons. The molecule has 0 unspecified atom stereocenters. The molecule has 80 valence electrons. The maximum atomic E-state index is 5.25. The monoisotopic (exact) mass is 270 g/mol. The highest BCUT2D eigenvalue weighted by Gasteiger charge is 2.03. The molecule has 0 aliphatic heterocycles. The highest BCUT2D eigenvalue weighted by molar-refractivity contribution is 9.10. The molecule has 2 rings (SSSR count). The van der Waals surface area contributed by atoms with Crippen LogP contribution in [0.4, 0.5) is 0 Å². The molecular formula is C9H11BrN4O. The third-order valence-corrected chi connectivity index (χ3v) is 2.61. The fraction of sp³-hybridized carbons (Fsp3) is 0.333. The molecule has 2 aromatic heterocycles. The Morgan fingerprint density at radius 2 is 2.40 bits per heavy atom. The van der Waals surface area contributed by atoms with E-state index in [-0.39, 0.29) is 0 Å². The number of nitrogens with one attached hydrogen (secondary N) is 1. The van der Waals surface area contributed by atoms with Crippen LogP contribution in [0.1, 0.15) is 11.6 Å². The van der Waals surface area contributed by atoms with Gasteiger partial charge in [-0.2, -0.15) is 5.10 Å². The molecule has 0 bridgehead atoms. The van der Waals surface area contributed by atoms with E-state index in [0.717, 1.165) is 16.1 Å². The fourth-order valence-electron chi connectivity index (χ4n) is 1.20. The van der Waals surface area contributed by atoms with Gasteiger partial charge in [0.05, 0.1) is 23.8 Å². The molecule has 0 fully saturated rings. The van der Waals surface area contributed by atoms with Crippen LogP contribution in [0.2, 0.25) is 0 Å². The van der Waals surface area contributed by atoms with E-state index >= 15 is 0 Å². The number of rotatable bonds is 4. The Hall–Kier alpha value is -1.14. The lowest BCUT2D eigenvalue weighted by Gasteiger charge is -1.99. The van der Waals surface area contributed by atoms with Crippen LogP contribution in [0.3, 0.4) is 0 Å². The van der Waals surface area contributed by atoms with Gasteiger partial charge in [0.1, 0.15) is 12.1 Å². The van der Waals surface area contributed by atoms with Gasteiger partial charge in [-0.05, 0) is 22.0 Å². The van der Waals surface area contributed by atoms with Gasteiger partial charge < -0.3 is 9.73 Å². The van der Waals surface area contributed by atoms with Gasteiger partial charge in [-0.15, -0.1) is 0 Å². The topological polar surface area (TPSA) is 55.9 Å². The second-order valence-electron chi connectivity index (χ2n) is 3.13. The van der Waals surface area contributed by atoms with E-state index in [4.69, 9.17) is 4.42 Å². The SMILES string of the molecule is Cn1cnc(CNCc2occc2Br)n1. The molecule has 0 spiro atoms. The molecule has 0 saturated heterocycles. The Morgan fingerprint density at radius 1 is 1.53 bits per heavy atom. The summed E-state index contributed by atoms with van der Waals surface area (Å²) in [6, 6.07) is 1.87. The minimum Gasteiger partial charge on any atom is -0.467 e. The van der Waals surface area contributed by atoms with Gasteiger partial charge in [0.15, 0.2) is 5.82 Å². The Bertz CT molecular complexity index is 437. The number of aromatic nitrogens is 3. The minimum absolute atomic E-state index is 0.633. The Morgan fingerprint density at radius 3 is 3.00 bits per heavy atom. The quantitative estimate of drug-likeness (QED) is 0.914. The van der Waals surface area contributed by atoms with Crippen LogP contribution in [0.25, 0.3) is 0 Å². The largest absolute Gasteiger partial charge is 0.467 e. The van der Waals surface area contributed by atoms with Crippen molar-refractivity contribution in [1.82, 2.24) is 20.1 Å². The molecule has 2 heterocycles. The van der Waals surface area contributed by atoms with Gasteiger partial charge in [0, 0.05) is 7.05 Å². The lowest BCUT2D eigenvalue weighted by atomic mass is 10.4. The van der Waals surface area contributed by atoms with Crippen LogP contribution in [0.5, 0.6) is 0 Å². The van der Waals surface area contributed by atoms with Crippen LogP contribution in [0.15, 0.2) is 27.5 Å². The van der Waals surface area contributed by atoms with Crippen LogP contribution in [0, 0.1) is 0 Å². The van der Waals surface area contributed by atoms with E-state index in [1.807, 2.05) is 13.1 Å². The van der Waals surface area contributed by atoms with E-state index in [0.29, 0.717) is 13.1 Å². The summed E-state index contributed by atoms with van der Waals surface area (Å²) in [5, 5.41) is 7.35. The molecule has 0 amide bonds. The molecule has 1 N–H and O–H groups in total. The van der Waals surface area contributed by atoms with Crippen molar-refractivity contribution in [3.05, 3.63) is 34.7 Å². The van der Waals surface area contributed by atoms with E-state index in [2.05, 4.69) is 31.3 Å². The van der Waals surface area contributed by atoms with Crippen LogP contribution in [-0.4, -0.2) is 14.8 Å². The summed E-state index contributed by atoms with van der Waals surface area (Å²) in [5.41, 5.74) is 0. The van der Waals surface area contributed by atoms with Gasteiger partial charge in [-0.3, -0.25) is 4.68 Å². The number of furan rings is 1. The molecule has 6 heteroatoms. The third kappa shape index (κ3) is 2.66. The van der Waals surface area contributed by atoms with Crippen LogP contribution < -0.4 is 5.32 Å². The second kappa shape index (κ2) is 4.59. The van der Waals surface area contributed by atoms with Crippen molar-refractivity contribution in [2.75, 3.05) is 0 Å². The van der Waals surface area contributed by atoms with Crippen molar-refractivity contribution in [2.24, 2.45) is 7.05 Å². The lowest BCUT2D eigenvalue weighted by molar-refractivity contribution is 0.477. The number of hydrogen-bond donors (Lipinski definition) is 1. The molecule has 5 nitrogen and oxygen atoms in total. The maximum Gasteiger partial charge on any atom is 0.164 e. The van der Waals surface area contributed by atoms with E-state index < -0.39 is 0 Å². The highest BCUT2D eigenvalue weighted by Crippen LogP contribution is 2.16. The van der Waals surface area contributed by atoms with Crippen molar-refractivity contribution in [1.29, 1.82) is 0 Å². The number of halogens is 1.